The van der Waals surface area contributed by atoms with Crippen LogP contribution in [0.2, 0.25) is 0 Å². The van der Waals surface area contributed by atoms with Gasteiger partial charge in [0.2, 0.25) is 0 Å². The fourth-order valence-corrected chi connectivity index (χ4v) is 5.11. The Bertz CT molecular complexity index is 1450. The van der Waals surface area contributed by atoms with Crippen LogP contribution in [0.5, 0.6) is 17.2 Å². The Hall–Kier alpha value is -3.31. The zero-order chi connectivity index (χ0) is 29.0. The predicted octanol–water partition coefficient (Wildman–Crippen LogP) is -1.75. The van der Waals surface area contributed by atoms with Crippen LogP contribution in [-0.2, 0) is 9.47 Å². The van der Waals surface area contributed by atoms with Crippen molar-refractivity contribution < 1.29 is 65.0 Å². The Morgan fingerprint density at radius 1 is 0.775 bits per heavy atom. The van der Waals surface area contributed by atoms with Crippen LogP contribution in [0.1, 0.15) is 23.3 Å². The molecule has 3 heterocycles. The molecule has 0 spiro atoms. The molecule has 40 heavy (non-hydrogen) atoms. The quantitative estimate of drug-likeness (QED) is 0.169. The normalized spacial score (nSPS) is 32.8. The monoisotopic (exact) mass is 564 g/mol. The third-order valence-electron chi connectivity index (χ3n) is 7.31. The van der Waals surface area contributed by atoms with Crippen molar-refractivity contribution in [1.29, 1.82) is 0 Å². The van der Waals surface area contributed by atoms with E-state index in [9.17, 15) is 55.9 Å². The summed E-state index contributed by atoms with van der Waals surface area (Å²) in [5.41, 5.74) is -2.19. The van der Waals surface area contributed by atoms with Crippen molar-refractivity contribution >= 4 is 11.0 Å². The first-order chi connectivity index (χ1) is 19.0. The number of hydrogen-bond acceptors (Lipinski definition) is 14. The maximum atomic E-state index is 13.4. The van der Waals surface area contributed by atoms with Crippen molar-refractivity contribution in [2.24, 2.45) is 0 Å². The molecule has 0 radical (unpaired) electrons. The molecule has 2 aliphatic heterocycles. The highest BCUT2D eigenvalue weighted by molar-refractivity contribution is 5.92. The van der Waals surface area contributed by atoms with E-state index in [2.05, 4.69) is 0 Å². The summed E-state index contributed by atoms with van der Waals surface area (Å²) < 4.78 is 16.9. The third-order valence-corrected chi connectivity index (χ3v) is 7.31. The number of hydrogen-bond donors (Lipinski definition) is 10. The average Bonchev–Trinajstić information content (AvgIpc) is 2.92. The number of rotatable bonds is 4. The van der Waals surface area contributed by atoms with Crippen LogP contribution in [0.3, 0.4) is 0 Å². The number of benzene rings is 2. The summed E-state index contributed by atoms with van der Waals surface area (Å²) in [5, 5.41) is 104. The molecule has 5 rings (SSSR count). The van der Waals surface area contributed by atoms with Crippen molar-refractivity contribution in [3.05, 3.63) is 51.7 Å². The summed E-state index contributed by atoms with van der Waals surface area (Å²) >= 11 is 0. The van der Waals surface area contributed by atoms with Crippen molar-refractivity contribution in [2.75, 3.05) is 13.2 Å². The average molecular weight is 564 g/mol. The first-order valence-electron chi connectivity index (χ1n) is 12.3. The summed E-state index contributed by atoms with van der Waals surface area (Å²) in [6.45, 7) is -1.34. The molecule has 14 nitrogen and oxygen atoms in total. The maximum absolute atomic E-state index is 13.4. The van der Waals surface area contributed by atoms with Gasteiger partial charge in [-0.3, -0.25) is 4.79 Å². The minimum atomic E-state index is -1.96. The SMILES string of the molecule is O=c1cc(-c2ccc(O)cc2)oc2c(C3O[C@H](CO)[C@@H](O)[C@H](O)[C@H]3O)c(O)c(C3OC[C@H](O)[C@H](O)[C@H]3O)c(O)c12. The Labute approximate surface area is 224 Å². The Morgan fingerprint density at radius 3 is 2.08 bits per heavy atom. The summed E-state index contributed by atoms with van der Waals surface area (Å²) in [6.07, 6.45) is -15.7. The Morgan fingerprint density at radius 2 is 1.43 bits per heavy atom. The summed E-state index contributed by atoms with van der Waals surface area (Å²) in [6, 6.07) is 6.47. The fraction of sp³-hybridized carbons (Fsp3) is 0.423. The van der Waals surface area contributed by atoms with Gasteiger partial charge in [0.1, 0.15) is 83.3 Å². The van der Waals surface area contributed by atoms with E-state index in [-0.39, 0.29) is 11.5 Å². The fourth-order valence-electron chi connectivity index (χ4n) is 5.11. The van der Waals surface area contributed by atoms with Crippen LogP contribution >= 0.6 is 0 Å². The van der Waals surface area contributed by atoms with Crippen LogP contribution in [0.15, 0.2) is 39.5 Å². The molecular weight excluding hydrogens is 536 g/mol. The Kier molecular flexibility index (Phi) is 7.47. The minimum Gasteiger partial charge on any atom is -0.508 e. The summed E-state index contributed by atoms with van der Waals surface area (Å²) in [4.78, 5) is 13.4. The van der Waals surface area contributed by atoms with Gasteiger partial charge in [0.05, 0.1) is 24.3 Å². The molecule has 0 amide bonds. The van der Waals surface area contributed by atoms with Crippen LogP contribution < -0.4 is 5.43 Å². The van der Waals surface area contributed by atoms with Crippen molar-refractivity contribution in [1.82, 2.24) is 0 Å². The second-order valence-corrected chi connectivity index (χ2v) is 9.80. The Balaban J connectivity index is 1.81. The molecule has 0 aliphatic carbocycles. The molecule has 1 aromatic heterocycles. The molecule has 0 saturated carbocycles. The van der Waals surface area contributed by atoms with Gasteiger partial charge in [0, 0.05) is 11.6 Å². The minimum absolute atomic E-state index is 0.0767. The van der Waals surface area contributed by atoms with Gasteiger partial charge in [0.15, 0.2) is 11.0 Å². The number of phenols is 3. The van der Waals surface area contributed by atoms with E-state index in [0.29, 0.717) is 5.56 Å². The molecule has 2 aliphatic rings. The van der Waals surface area contributed by atoms with E-state index in [0.717, 1.165) is 6.07 Å². The van der Waals surface area contributed by atoms with Crippen molar-refractivity contribution in [3.8, 4) is 28.6 Å². The van der Waals surface area contributed by atoms with Gasteiger partial charge in [0.25, 0.3) is 0 Å². The zero-order valence-corrected chi connectivity index (χ0v) is 20.6. The van der Waals surface area contributed by atoms with Gasteiger partial charge >= 0.3 is 0 Å². The highest BCUT2D eigenvalue weighted by Crippen LogP contribution is 2.50. The van der Waals surface area contributed by atoms with E-state index in [4.69, 9.17) is 13.9 Å². The maximum Gasteiger partial charge on any atom is 0.197 e. The molecule has 14 heteroatoms. The van der Waals surface area contributed by atoms with Crippen LogP contribution in [0.25, 0.3) is 22.3 Å². The van der Waals surface area contributed by atoms with Crippen LogP contribution in [-0.4, -0.2) is 107 Å². The van der Waals surface area contributed by atoms with Gasteiger partial charge in [-0.05, 0) is 24.3 Å². The molecule has 2 aromatic carbocycles. The molecule has 2 fully saturated rings. The van der Waals surface area contributed by atoms with Crippen LogP contribution in [0, 0.1) is 0 Å². The van der Waals surface area contributed by atoms with Gasteiger partial charge in [-0.1, -0.05) is 0 Å². The molecule has 10 N–H and O–H groups in total. The standard InChI is InChI=1S/C26H28O14/c27-6-13-18(32)21(35)23(37)26(40-13)16-20(34)15(25-22(36)17(31)11(30)7-38-25)19(33)14-10(29)5-12(39-24(14)16)8-1-3-9(28)4-2-8/h1-5,11,13,17-18,21-23,25-28,30-37H,6-7H2/t11-,13+,17-,18+,21-,22+,23+,25?,26?/m0/s1. The molecule has 3 aromatic rings. The van der Waals surface area contributed by atoms with Crippen molar-refractivity contribution in [2.45, 2.75) is 54.9 Å². The lowest BCUT2D eigenvalue weighted by atomic mass is 9.85. The van der Waals surface area contributed by atoms with Crippen LogP contribution in [0.4, 0.5) is 0 Å². The molecule has 0 bridgehead atoms. The second kappa shape index (κ2) is 10.6. The smallest absolute Gasteiger partial charge is 0.197 e. The number of ether oxygens (including phenoxy) is 2. The number of phenolic OH excluding ortho intramolecular Hbond substituents is 3. The van der Waals surface area contributed by atoms with E-state index < -0.39 is 107 Å². The van der Waals surface area contributed by atoms with Gasteiger partial charge in [-0.2, -0.15) is 0 Å². The second-order valence-electron chi connectivity index (χ2n) is 9.80. The zero-order valence-electron chi connectivity index (χ0n) is 20.6. The first kappa shape index (κ1) is 28.2. The number of fused-ring (bicyclic) bond motifs is 1. The van der Waals surface area contributed by atoms with E-state index in [1.807, 2.05) is 0 Å². The van der Waals surface area contributed by atoms with E-state index in [1.54, 1.807) is 0 Å². The molecule has 9 atom stereocenters. The number of aliphatic hydroxyl groups excluding tert-OH is 7. The lowest BCUT2D eigenvalue weighted by molar-refractivity contribution is -0.231. The van der Waals surface area contributed by atoms with Gasteiger partial charge in [-0.25, -0.2) is 0 Å². The first-order valence-corrected chi connectivity index (χ1v) is 12.3. The van der Waals surface area contributed by atoms with E-state index in [1.165, 1.54) is 24.3 Å². The molecule has 216 valence electrons. The predicted molar refractivity (Wildman–Crippen MR) is 132 cm³/mol. The third kappa shape index (κ3) is 4.49. The van der Waals surface area contributed by atoms with E-state index >= 15 is 0 Å². The highest BCUT2D eigenvalue weighted by atomic mass is 16.5. The number of aromatic hydroxyl groups is 3. The number of aliphatic hydroxyl groups is 7. The lowest BCUT2D eigenvalue weighted by Crippen LogP contribution is -2.55. The van der Waals surface area contributed by atoms with Gasteiger partial charge in [-0.15, -0.1) is 0 Å². The highest BCUT2D eigenvalue weighted by Gasteiger charge is 2.48. The van der Waals surface area contributed by atoms with Gasteiger partial charge < -0.3 is 65.0 Å². The largest absolute Gasteiger partial charge is 0.508 e. The summed E-state index contributed by atoms with van der Waals surface area (Å²) in [7, 11) is 0. The topological polar surface area (TPSA) is 251 Å². The molecule has 2 saturated heterocycles. The molecule has 2 unspecified atom stereocenters. The van der Waals surface area contributed by atoms with Crippen molar-refractivity contribution in [3.63, 3.8) is 0 Å². The molecular formula is C26H28O14. The summed E-state index contributed by atoms with van der Waals surface area (Å²) in [5.74, 6) is -2.00. The lowest BCUT2D eigenvalue weighted by Gasteiger charge is -2.41.